The molecule has 188 valence electrons. The Morgan fingerprint density at radius 3 is 2.17 bits per heavy atom. The van der Waals surface area contributed by atoms with Gasteiger partial charge in [0.05, 0.1) is 7.11 Å². The van der Waals surface area contributed by atoms with Gasteiger partial charge < -0.3 is 19.5 Å². The maximum Gasteiger partial charge on any atom is 0.328 e. The van der Waals surface area contributed by atoms with Crippen LogP contribution >= 0.6 is 0 Å². The van der Waals surface area contributed by atoms with Crippen molar-refractivity contribution in [1.29, 1.82) is 0 Å². The Bertz CT molecular complexity index is 1210. The average Bonchev–Trinajstić information content (AvgIpc) is 2.85. The third-order valence-corrected chi connectivity index (χ3v) is 5.62. The second-order valence-electron chi connectivity index (χ2n) is 8.42. The molecule has 0 fully saturated rings. The number of aryl methyl sites for hydroxylation is 1. The van der Waals surface area contributed by atoms with Gasteiger partial charge in [-0.25, -0.2) is 9.78 Å². The number of benzene rings is 2. The van der Waals surface area contributed by atoms with Crippen LogP contribution in [0.1, 0.15) is 53.9 Å². The van der Waals surface area contributed by atoms with Crippen molar-refractivity contribution in [3.63, 3.8) is 0 Å². The van der Waals surface area contributed by atoms with E-state index in [0.29, 0.717) is 0 Å². The van der Waals surface area contributed by atoms with Crippen LogP contribution in [0.15, 0.2) is 66.9 Å². The molecule has 0 aliphatic rings. The molecule has 1 N–H and O–H groups in total. The number of carbonyl (C=O) groups is 3. The molecule has 1 heterocycles. The molecule has 0 saturated heterocycles. The Morgan fingerprint density at radius 1 is 0.917 bits per heavy atom. The molecule has 3 aromatic rings. The zero-order valence-electron chi connectivity index (χ0n) is 21.0. The molecular formula is C28H30N2O6. The monoisotopic (exact) mass is 490 g/mol. The first-order chi connectivity index (χ1) is 17.2. The van der Waals surface area contributed by atoms with Crippen LogP contribution in [0.2, 0.25) is 0 Å². The van der Waals surface area contributed by atoms with Crippen molar-refractivity contribution in [3.05, 3.63) is 89.2 Å². The quantitative estimate of drug-likeness (QED) is 0.448. The molecule has 0 spiro atoms. The van der Waals surface area contributed by atoms with E-state index in [1.807, 2.05) is 68.4 Å². The molecule has 8 nitrogen and oxygen atoms in total. The van der Waals surface area contributed by atoms with E-state index >= 15 is 0 Å². The summed E-state index contributed by atoms with van der Waals surface area (Å²) in [7, 11) is 1.38. The number of pyridine rings is 1. The molecular weight excluding hydrogens is 460 g/mol. The maximum absolute atomic E-state index is 13.0. The van der Waals surface area contributed by atoms with Gasteiger partial charge in [0.1, 0.15) is 12.1 Å². The van der Waals surface area contributed by atoms with Gasteiger partial charge in [0.2, 0.25) is 5.75 Å². The first-order valence-electron chi connectivity index (χ1n) is 11.6. The van der Waals surface area contributed by atoms with E-state index in [2.05, 4.69) is 10.3 Å². The van der Waals surface area contributed by atoms with Crippen LogP contribution in [0.25, 0.3) is 0 Å². The van der Waals surface area contributed by atoms with Gasteiger partial charge in [-0.2, -0.15) is 0 Å². The molecule has 1 aromatic heterocycles. The number of carbonyl (C=O) groups excluding carboxylic acids is 3. The number of nitrogens with zero attached hydrogens (tertiary/aromatic N) is 1. The predicted octanol–water partition coefficient (Wildman–Crippen LogP) is 4.21. The average molecular weight is 491 g/mol. The van der Waals surface area contributed by atoms with Crippen LogP contribution in [0, 0.1) is 6.92 Å². The number of hydrogen-bond acceptors (Lipinski definition) is 7. The van der Waals surface area contributed by atoms with Crippen molar-refractivity contribution >= 4 is 17.8 Å². The van der Waals surface area contributed by atoms with E-state index in [9.17, 15) is 14.4 Å². The lowest BCUT2D eigenvalue weighted by atomic mass is 9.87. The van der Waals surface area contributed by atoms with Crippen LogP contribution in [-0.4, -0.2) is 42.1 Å². The summed E-state index contributed by atoms with van der Waals surface area (Å²) in [6.45, 7) is 6.56. The highest BCUT2D eigenvalue weighted by Crippen LogP contribution is 2.31. The van der Waals surface area contributed by atoms with E-state index in [4.69, 9.17) is 14.2 Å². The zero-order chi connectivity index (χ0) is 26.2. The summed E-state index contributed by atoms with van der Waals surface area (Å²) in [4.78, 5) is 41.4. The SMILES string of the molecule is COc1ccnc(C(=O)N[C@@H](C)C(=O)O[C@@H](C)[C@@H](c2ccccc2)c2ccc(C)cc2)c1OC(C)=O. The smallest absolute Gasteiger partial charge is 0.328 e. The lowest BCUT2D eigenvalue weighted by Crippen LogP contribution is -2.41. The Labute approximate surface area is 210 Å². The van der Waals surface area contributed by atoms with E-state index in [-0.39, 0.29) is 23.1 Å². The largest absolute Gasteiger partial charge is 0.493 e. The van der Waals surface area contributed by atoms with E-state index in [1.54, 1.807) is 0 Å². The van der Waals surface area contributed by atoms with Crippen LogP contribution in [0.5, 0.6) is 11.5 Å². The summed E-state index contributed by atoms with van der Waals surface area (Å²) in [5, 5.41) is 2.57. The summed E-state index contributed by atoms with van der Waals surface area (Å²) in [6, 6.07) is 18.3. The van der Waals surface area contributed by atoms with Gasteiger partial charge in [-0.15, -0.1) is 0 Å². The van der Waals surface area contributed by atoms with Gasteiger partial charge in [0.25, 0.3) is 5.91 Å². The Balaban J connectivity index is 1.77. The minimum absolute atomic E-state index is 0.123. The third-order valence-electron chi connectivity index (χ3n) is 5.62. The highest BCUT2D eigenvalue weighted by atomic mass is 16.6. The predicted molar refractivity (Wildman–Crippen MR) is 134 cm³/mol. The van der Waals surface area contributed by atoms with Gasteiger partial charge in [-0.3, -0.25) is 9.59 Å². The van der Waals surface area contributed by atoms with Gasteiger partial charge in [0.15, 0.2) is 11.4 Å². The highest BCUT2D eigenvalue weighted by molar-refractivity contribution is 5.98. The number of amides is 1. The molecule has 0 bridgehead atoms. The second-order valence-corrected chi connectivity index (χ2v) is 8.42. The van der Waals surface area contributed by atoms with E-state index in [0.717, 1.165) is 16.7 Å². The van der Waals surface area contributed by atoms with Gasteiger partial charge in [-0.1, -0.05) is 60.2 Å². The van der Waals surface area contributed by atoms with Crippen LogP contribution in [-0.2, 0) is 14.3 Å². The minimum atomic E-state index is -0.993. The van der Waals surface area contributed by atoms with Crippen molar-refractivity contribution in [2.45, 2.75) is 45.8 Å². The topological polar surface area (TPSA) is 104 Å². The third kappa shape index (κ3) is 6.47. The van der Waals surface area contributed by atoms with Crippen molar-refractivity contribution in [2.75, 3.05) is 7.11 Å². The number of methoxy groups -OCH3 is 1. The molecule has 0 saturated carbocycles. The molecule has 0 aliphatic carbocycles. The number of aromatic nitrogens is 1. The summed E-state index contributed by atoms with van der Waals surface area (Å²) in [6.07, 6.45) is 0.825. The fourth-order valence-electron chi connectivity index (χ4n) is 3.84. The van der Waals surface area contributed by atoms with Crippen molar-refractivity contribution < 1.29 is 28.6 Å². The standard InChI is InChI=1S/C28H30N2O6/c1-17-11-13-22(14-12-17)24(21-9-7-6-8-10-21)19(3)35-28(33)18(2)30-27(32)25-26(36-20(4)31)23(34-5)15-16-29-25/h6-16,18-19,24H,1-5H3,(H,30,32)/t18-,19-,24-/m0/s1. The molecule has 0 radical (unpaired) electrons. The Hall–Kier alpha value is -4.20. The molecule has 2 aromatic carbocycles. The number of nitrogens with one attached hydrogen (secondary N) is 1. The molecule has 3 atom stereocenters. The van der Waals surface area contributed by atoms with Crippen molar-refractivity contribution in [1.82, 2.24) is 10.3 Å². The molecule has 0 unspecified atom stereocenters. The summed E-state index contributed by atoms with van der Waals surface area (Å²) in [5.74, 6) is -2.12. The number of hydrogen-bond donors (Lipinski definition) is 1. The minimum Gasteiger partial charge on any atom is -0.493 e. The van der Waals surface area contributed by atoms with Gasteiger partial charge in [0, 0.05) is 25.1 Å². The molecule has 3 rings (SSSR count). The lowest BCUT2D eigenvalue weighted by Gasteiger charge is -2.26. The van der Waals surface area contributed by atoms with Crippen molar-refractivity contribution in [3.8, 4) is 11.5 Å². The molecule has 36 heavy (non-hydrogen) atoms. The maximum atomic E-state index is 13.0. The lowest BCUT2D eigenvalue weighted by molar-refractivity contribution is -0.150. The summed E-state index contributed by atoms with van der Waals surface area (Å²) >= 11 is 0. The Morgan fingerprint density at radius 2 is 1.56 bits per heavy atom. The number of ether oxygens (including phenoxy) is 3. The number of esters is 2. The van der Waals surface area contributed by atoms with Crippen molar-refractivity contribution in [2.24, 2.45) is 0 Å². The molecule has 0 aliphatic heterocycles. The highest BCUT2D eigenvalue weighted by Gasteiger charge is 2.29. The summed E-state index contributed by atoms with van der Waals surface area (Å²) < 4.78 is 16.1. The first kappa shape index (κ1) is 26.4. The van der Waals surface area contributed by atoms with Gasteiger partial charge >= 0.3 is 11.9 Å². The van der Waals surface area contributed by atoms with Crippen LogP contribution in [0.4, 0.5) is 0 Å². The molecule has 8 heteroatoms. The molecule has 1 amide bonds. The fraction of sp³-hybridized carbons (Fsp3) is 0.286. The fourth-order valence-corrected chi connectivity index (χ4v) is 3.84. The Kier molecular flexibility index (Phi) is 8.78. The van der Waals surface area contributed by atoms with E-state index in [1.165, 1.54) is 33.2 Å². The normalized spacial score (nSPS) is 13.1. The summed E-state index contributed by atoms with van der Waals surface area (Å²) in [5.41, 5.74) is 2.96. The number of rotatable bonds is 9. The zero-order valence-corrected chi connectivity index (χ0v) is 21.0. The first-order valence-corrected chi connectivity index (χ1v) is 11.6. The van der Waals surface area contributed by atoms with Crippen LogP contribution in [0.3, 0.4) is 0 Å². The second kappa shape index (κ2) is 12.0. The van der Waals surface area contributed by atoms with Crippen LogP contribution < -0.4 is 14.8 Å². The van der Waals surface area contributed by atoms with Gasteiger partial charge in [-0.05, 0) is 31.9 Å². The van der Waals surface area contributed by atoms with E-state index < -0.39 is 30.0 Å².